The first kappa shape index (κ1) is 14.5. The first-order valence-electron chi connectivity index (χ1n) is 6.76. The maximum absolute atomic E-state index is 5.99. The Bertz CT molecular complexity index is 797. The molecule has 0 aliphatic carbocycles. The molecule has 1 aromatic heterocycles. The third-order valence-electron chi connectivity index (χ3n) is 3.58. The molecule has 0 radical (unpaired) electrons. The summed E-state index contributed by atoms with van der Waals surface area (Å²) in [6.07, 6.45) is 0. The monoisotopic (exact) mass is 363 g/mol. The van der Waals surface area contributed by atoms with Gasteiger partial charge >= 0.3 is 0 Å². The van der Waals surface area contributed by atoms with E-state index < -0.39 is 0 Å². The van der Waals surface area contributed by atoms with Crippen LogP contribution in [0.5, 0.6) is 0 Å². The van der Waals surface area contributed by atoms with Crippen molar-refractivity contribution in [1.82, 2.24) is 0 Å². The Morgan fingerprint density at radius 1 is 1.19 bits per heavy atom. The molecule has 1 heterocycles. The minimum absolute atomic E-state index is 0.0647. The molecule has 0 aliphatic rings. The highest BCUT2D eigenvalue weighted by molar-refractivity contribution is 9.10. The lowest BCUT2D eigenvalue weighted by Crippen LogP contribution is -2.07. The van der Waals surface area contributed by atoms with Crippen molar-refractivity contribution in [1.29, 1.82) is 0 Å². The average Bonchev–Trinajstić information content (AvgIpc) is 2.80. The van der Waals surface area contributed by atoms with E-state index in [0.29, 0.717) is 5.02 Å². The zero-order valence-corrected chi connectivity index (χ0v) is 14.1. The largest absolute Gasteiger partial charge is 0.459 e. The molecule has 0 aliphatic heterocycles. The van der Waals surface area contributed by atoms with Gasteiger partial charge in [-0.05, 0) is 54.0 Å². The SMILES string of the molecule is Cc1c(C(C)Nc2ccc(Cl)cc2Br)oc2ccccc12. The van der Waals surface area contributed by atoms with Crippen LogP contribution in [-0.2, 0) is 0 Å². The van der Waals surface area contributed by atoms with E-state index in [1.165, 1.54) is 5.56 Å². The number of anilines is 1. The Kier molecular flexibility index (Phi) is 3.96. The van der Waals surface area contributed by atoms with Gasteiger partial charge in [0.25, 0.3) is 0 Å². The first-order chi connectivity index (χ1) is 10.1. The first-order valence-corrected chi connectivity index (χ1v) is 7.93. The Labute approximate surface area is 137 Å². The molecule has 3 aromatic rings. The molecule has 0 bridgehead atoms. The second-order valence-corrected chi connectivity index (χ2v) is 6.37. The second kappa shape index (κ2) is 5.74. The van der Waals surface area contributed by atoms with Gasteiger partial charge in [-0.2, -0.15) is 0 Å². The Morgan fingerprint density at radius 3 is 2.67 bits per heavy atom. The van der Waals surface area contributed by atoms with Gasteiger partial charge in [-0.25, -0.2) is 0 Å². The summed E-state index contributed by atoms with van der Waals surface area (Å²) in [5.41, 5.74) is 3.09. The third kappa shape index (κ3) is 2.81. The van der Waals surface area contributed by atoms with Crippen LogP contribution >= 0.6 is 27.5 Å². The second-order valence-electron chi connectivity index (χ2n) is 5.08. The highest BCUT2D eigenvalue weighted by Gasteiger charge is 2.17. The molecular weight excluding hydrogens is 350 g/mol. The van der Waals surface area contributed by atoms with Crippen LogP contribution in [0.4, 0.5) is 5.69 Å². The predicted molar refractivity (Wildman–Crippen MR) is 92.1 cm³/mol. The molecule has 0 saturated heterocycles. The van der Waals surface area contributed by atoms with E-state index in [0.717, 1.165) is 26.9 Å². The molecule has 1 N–H and O–H groups in total. The quantitative estimate of drug-likeness (QED) is 0.587. The lowest BCUT2D eigenvalue weighted by molar-refractivity contribution is 0.522. The number of hydrogen-bond acceptors (Lipinski definition) is 2. The summed E-state index contributed by atoms with van der Waals surface area (Å²) in [6.45, 7) is 4.18. The van der Waals surface area contributed by atoms with Gasteiger partial charge in [-0.15, -0.1) is 0 Å². The zero-order valence-electron chi connectivity index (χ0n) is 11.8. The van der Waals surface area contributed by atoms with Crippen LogP contribution in [0, 0.1) is 6.92 Å². The molecule has 0 amide bonds. The minimum Gasteiger partial charge on any atom is -0.459 e. The van der Waals surface area contributed by atoms with Crippen LogP contribution in [0.25, 0.3) is 11.0 Å². The fraction of sp³-hybridized carbons (Fsp3) is 0.176. The van der Waals surface area contributed by atoms with E-state index in [1.54, 1.807) is 0 Å². The van der Waals surface area contributed by atoms with Crippen LogP contribution in [0.15, 0.2) is 51.4 Å². The summed E-state index contributed by atoms with van der Waals surface area (Å²) in [5, 5.41) is 5.33. The summed E-state index contributed by atoms with van der Waals surface area (Å²) < 4.78 is 6.93. The Balaban J connectivity index is 1.93. The normalized spacial score (nSPS) is 12.6. The summed E-state index contributed by atoms with van der Waals surface area (Å²) in [4.78, 5) is 0. The van der Waals surface area contributed by atoms with E-state index >= 15 is 0 Å². The predicted octanol–water partition coefficient (Wildman–Crippen LogP) is 6.33. The molecule has 1 unspecified atom stereocenters. The molecule has 21 heavy (non-hydrogen) atoms. The van der Waals surface area contributed by atoms with Gasteiger partial charge in [-0.3, -0.25) is 0 Å². The van der Waals surface area contributed by atoms with Crippen LogP contribution in [-0.4, -0.2) is 0 Å². The standard InChI is InChI=1S/C17H15BrClNO/c1-10-13-5-3-4-6-16(13)21-17(10)11(2)20-15-8-7-12(19)9-14(15)18/h3-9,11,20H,1-2H3. The minimum atomic E-state index is 0.0647. The third-order valence-corrected chi connectivity index (χ3v) is 4.47. The number of furan rings is 1. The summed E-state index contributed by atoms with van der Waals surface area (Å²) in [7, 11) is 0. The van der Waals surface area contributed by atoms with Crippen molar-refractivity contribution >= 4 is 44.2 Å². The van der Waals surface area contributed by atoms with Crippen molar-refractivity contribution in [3.05, 3.63) is 63.3 Å². The van der Waals surface area contributed by atoms with Crippen LogP contribution < -0.4 is 5.32 Å². The molecule has 0 saturated carbocycles. The number of aryl methyl sites for hydroxylation is 1. The molecule has 108 valence electrons. The Morgan fingerprint density at radius 2 is 1.95 bits per heavy atom. The molecule has 2 aromatic carbocycles. The van der Waals surface area contributed by atoms with E-state index in [9.17, 15) is 0 Å². The van der Waals surface area contributed by atoms with Gasteiger partial charge in [0.15, 0.2) is 0 Å². The number of hydrogen-bond donors (Lipinski definition) is 1. The summed E-state index contributed by atoms with van der Waals surface area (Å²) in [6, 6.07) is 13.9. The maximum Gasteiger partial charge on any atom is 0.134 e. The number of para-hydroxylation sites is 1. The van der Waals surface area contributed by atoms with Gasteiger partial charge in [0.05, 0.1) is 6.04 Å². The zero-order chi connectivity index (χ0) is 15.0. The van der Waals surface area contributed by atoms with Crippen LogP contribution in [0.3, 0.4) is 0 Å². The molecule has 0 fully saturated rings. The van der Waals surface area contributed by atoms with Gasteiger partial charge in [0.1, 0.15) is 11.3 Å². The summed E-state index contributed by atoms with van der Waals surface area (Å²) >= 11 is 9.50. The summed E-state index contributed by atoms with van der Waals surface area (Å²) in [5.74, 6) is 0.957. The van der Waals surface area contributed by atoms with E-state index in [2.05, 4.69) is 41.2 Å². The molecule has 0 spiro atoms. The number of fused-ring (bicyclic) bond motifs is 1. The molecular formula is C17H15BrClNO. The van der Waals surface area contributed by atoms with Gasteiger partial charge in [0, 0.05) is 26.1 Å². The smallest absolute Gasteiger partial charge is 0.134 e. The molecule has 3 rings (SSSR count). The van der Waals surface area contributed by atoms with Crippen LogP contribution in [0.2, 0.25) is 5.02 Å². The van der Waals surface area contributed by atoms with Crippen molar-refractivity contribution in [2.45, 2.75) is 19.9 Å². The lowest BCUT2D eigenvalue weighted by atomic mass is 10.1. The van der Waals surface area contributed by atoms with E-state index in [1.807, 2.05) is 36.4 Å². The van der Waals surface area contributed by atoms with Crippen molar-refractivity contribution in [2.75, 3.05) is 5.32 Å². The highest BCUT2D eigenvalue weighted by atomic mass is 79.9. The topological polar surface area (TPSA) is 25.2 Å². The number of halogens is 2. The van der Waals surface area contributed by atoms with Gasteiger partial charge in [-0.1, -0.05) is 29.8 Å². The molecule has 4 heteroatoms. The Hall–Kier alpha value is -1.45. The van der Waals surface area contributed by atoms with Gasteiger partial charge < -0.3 is 9.73 Å². The number of nitrogens with one attached hydrogen (secondary N) is 1. The van der Waals surface area contributed by atoms with E-state index in [-0.39, 0.29) is 6.04 Å². The van der Waals surface area contributed by atoms with Crippen molar-refractivity contribution in [3.63, 3.8) is 0 Å². The highest BCUT2D eigenvalue weighted by Crippen LogP contribution is 2.33. The van der Waals surface area contributed by atoms with Crippen molar-refractivity contribution in [2.24, 2.45) is 0 Å². The van der Waals surface area contributed by atoms with Gasteiger partial charge in [0.2, 0.25) is 0 Å². The molecule has 1 atom stereocenters. The van der Waals surface area contributed by atoms with E-state index in [4.69, 9.17) is 16.0 Å². The molecule has 2 nitrogen and oxygen atoms in total. The van der Waals surface area contributed by atoms with Crippen molar-refractivity contribution in [3.8, 4) is 0 Å². The average molecular weight is 365 g/mol. The fourth-order valence-electron chi connectivity index (χ4n) is 2.51. The maximum atomic E-state index is 5.99. The number of rotatable bonds is 3. The fourth-order valence-corrected chi connectivity index (χ4v) is 3.31. The van der Waals surface area contributed by atoms with Crippen molar-refractivity contribution < 1.29 is 4.42 Å². The van der Waals surface area contributed by atoms with Crippen LogP contribution in [0.1, 0.15) is 24.3 Å². The number of benzene rings is 2. The lowest BCUT2D eigenvalue weighted by Gasteiger charge is -2.15.